The third kappa shape index (κ3) is 1.00. The summed E-state index contributed by atoms with van der Waals surface area (Å²) in [6.07, 6.45) is 2.17. The normalized spacial score (nSPS) is 54.5. The molecular weight excluding hydrogens is 230 g/mol. The van der Waals surface area contributed by atoms with E-state index in [1.165, 1.54) is 0 Å². The van der Waals surface area contributed by atoms with Crippen LogP contribution in [-0.2, 0) is 10.0 Å². The van der Waals surface area contributed by atoms with Crippen molar-refractivity contribution < 1.29 is 8.42 Å². The van der Waals surface area contributed by atoms with Gasteiger partial charge in [0.2, 0.25) is 10.0 Å². The Morgan fingerprint density at radius 3 is 2.67 bits per heavy atom. The fourth-order valence-corrected chi connectivity index (χ4v) is 7.48. The molecule has 0 aromatic rings. The van der Waals surface area contributed by atoms with E-state index in [0.29, 0.717) is 11.7 Å². The SMILES string of the molecule is CC1(C)C2CCC13CS(=O)(=O)N[C@H]3[C@H]2S. The molecule has 0 amide bonds. The van der Waals surface area contributed by atoms with Crippen molar-refractivity contribution >= 4 is 22.7 Å². The summed E-state index contributed by atoms with van der Waals surface area (Å²) in [5.41, 5.74) is 0.0591. The van der Waals surface area contributed by atoms with Crippen LogP contribution in [0.15, 0.2) is 0 Å². The van der Waals surface area contributed by atoms with Crippen molar-refractivity contribution in [3.05, 3.63) is 0 Å². The van der Waals surface area contributed by atoms with Crippen molar-refractivity contribution in [2.45, 2.75) is 38.0 Å². The van der Waals surface area contributed by atoms with E-state index >= 15 is 0 Å². The van der Waals surface area contributed by atoms with Gasteiger partial charge in [-0.15, -0.1) is 0 Å². The third-order valence-electron chi connectivity index (χ3n) is 5.21. The van der Waals surface area contributed by atoms with E-state index in [1.807, 2.05) is 0 Å². The Balaban J connectivity index is 2.16. The van der Waals surface area contributed by atoms with Crippen LogP contribution in [0.2, 0.25) is 0 Å². The van der Waals surface area contributed by atoms with Crippen LogP contribution in [0.5, 0.6) is 0 Å². The average molecular weight is 247 g/mol. The number of hydrogen-bond donors (Lipinski definition) is 2. The van der Waals surface area contributed by atoms with Crippen LogP contribution in [0, 0.1) is 16.7 Å². The maximum absolute atomic E-state index is 11.7. The van der Waals surface area contributed by atoms with Gasteiger partial charge in [-0.25, -0.2) is 13.1 Å². The lowest BCUT2D eigenvalue weighted by Crippen LogP contribution is -2.43. The summed E-state index contributed by atoms with van der Waals surface area (Å²) in [5, 5.41) is 0.200. The second-order valence-corrected chi connectivity index (χ2v) is 8.22. The molecule has 3 rings (SSSR count). The summed E-state index contributed by atoms with van der Waals surface area (Å²) in [6.45, 7) is 4.44. The highest BCUT2D eigenvalue weighted by Gasteiger charge is 2.71. The summed E-state index contributed by atoms with van der Waals surface area (Å²) < 4.78 is 26.2. The molecule has 0 aromatic carbocycles. The molecule has 1 aliphatic heterocycles. The lowest BCUT2D eigenvalue weighted by atomic mass is 9.69. The lowest BCUT2D eigenvalue weighted by molar-refractivity contribution is 0.146. The first-order valence-corrected chi connectivity index (χ1v) is 7.65. The second kappa shape index (κ2) is 2.57. The van der Waals surface area contributed by atoms with Gasteiger partial charge in [0.25, 0.3) is 0 Å². The molecular formula is C10H17NO2S2. The van der Waals surface area contributed by atoms with E-state index in [1.54, 1.807) is 0 Å². The van der Waals surface area contributed by atoms with Gasteiger partial charge in [0, 0.05) is 16.7 Å². The minimum Gasteiger partial charge on any atom is -0.212 e. The molecule has 2 bridgehead atoms. The van der Waals surface area contributed by atoms with Crippen LogP contribution >= 0.6 is 12.6 Å². The summed E-state index contributed by atoms with van der Waals surface area (Å²) in [5.74, 6) is 0.874. The van der Waals surface area contributed by atoms with Crippen molar-refractivity contribution in [1.82, 2.24) is 4.72 Å². The number of thiol groups is 1. The molecule has 3 fully saturated rings. The minimum atomic E-state index is -3.05. The molecule has 3 aliphatic rings. The highest BCUT2D eigenvalue weighted by Crippen LogP contribution is 2.68. The largest absolute Gasteiger partial charge is 0.212 e. The first kappa shape index (κ1) is 10.4. The summed E-state index contributed by atoms with van der Waals surface area (Å²) in [4.78, 5) is 0. The molecule has 2 aliphatic carbocycles. The van der Waals surface area contributed by atoms with Crippen molar-refractivity contribution in [1.29, 1.82) is 0 Å². The fraction of sp³-hybridized carbons (Fsp3) is 1.00. The van der Waals surface area contributed by atoms with Crippen LogP contribution in [0.25, 0.3) is 0 Å². The van der Waals surface area contributed by atoms with E-state index in [4.69, 9.17) is 0 Å². The van der Waals surface area contributed by atoms with E-state index in [9.17, 15) is 8.42 Å². The smallest absolute Gasteiger partial charge is 0.212 e. The maximum atomic E-state index is 11.7. The minimum absolute atomic E-state index is 0.0527. The van der Waals surface area contributed by atoms with Gasteiger partial charge in [-0.3, -0.25) is 0 Å². The topological polar surface area (TPSA) is 46.2 Å². The van der Waals surface area contributed by atoms with Crippen LogP contribution in [0.1, 0.15) is 26.7 Å². The van der Waals surface area contributed by atoms with Gasteiger partial charge >= 0.3 is 0 Å². The molecule has 1 spiro atoms. The van der Waals surface area contributed by atoms with Crippen LogP contribution in [-0.4, -0.2) is 25.5 Å². The predicted molar refractivity (Wildman–Crippen MR) is 62.4 cm³/mol. The predicted octanol–water partition coefficient (Wildman–Crippen LogP) is 1.02. The monoisotopic (exact) mass is 247 g/mol. The van der Waals surface area contributed by atoms with Gasteiger partial charge in [0.1, 0.15) is 0 Å². The van der Waals surface area contributed by atoms with Crippen LogP contribution < -0.4 is 4.72 Å². The molecule has 2 unspecified atom stereocenters. The van der Waals surface area contributed by atoms with Crippen molar-refractivity contribution in [2.24, 2.45) is 16.7 Å². The van der Waals surface area contributed by atoms with Gasteiger partial charge in [0.15, 0.2) is 0 Å². The Morgan fingerprint density at radius 2 is 2.07 bits per heavy atom. The molecule has 2 saturated carbocycles. The average Bonchev–Trinajstić information content (AvgIpc) is 2.54. The molecule has 1 N–H and O–H groups in total. The van der Waals surface area contributed by atoms with E-state index in [2.05, 4.69) is 31.2 Å². The highest BCUT2D eigenvalue weighted by atomic mass is 32.2. The first-order valence-electron chi connectivity index (χ1n) is 5.48. The molecule has 86 valence electrons. The number of fused-ring (bicyclic) bond motifs is 1. The molecule has 0 radical (unpaired) electrons. The van der Waals surface area contributed by atoms with Gasteiger partial charge < -0.3 is 0 Å². The quantitative estimate of drug-likeness (QED) is 0.628. The van der Waals surface area contributed by atoms with E-state index in [0.717, 1.165) is 12.8 Å². The Kier molecular flexibility index (Phi) is 1.78. The molecule has 1 heterocycles. The van der Waals surface area contributed by atoms with E-state index in [-0.39, 0.29) is 22.1 Å². The van der Waals surface area contributed by atoms with Crippen LogP contribution in [0.4, 0.5) is 0 Å². The maximum Gasteiger partial charge on any atom is 0.212 e. The number of sulfonamides is 1. The number of rotatable bonds is 0. The molecule has 5 heteroatoms. The third-order valence-corrected chi connectivity index (χ3v) is 7.38. The molecule has 3 nitrogen and oxygen atoms in total. The van der Waals surface area contributed by atoms with Gasteiger partial charge in [-0.05, 0) is 24.2 Å². The summed E-state index contributed by atoms with van der Waals surface area (Å²) in [6, 6.07) is 0.0691. The summed E-state index contributed by atoms with van der Waals surface area (Å²) >= 11 is 4.63. The lowest BCUT2D eigenvalue weighted by Gasteiger charge is -2.36. The summed E-state index contributed by atoms with van der Waals surface area (Å²) in [7, 11) is -3.05. The van der Waals surface area contributed by atoms with Crippen molar-refractivity contribution in [2.75, 3.05) is 5.75 Å². The highest BCUT2D eigenvalue weighted by molar-refractivity contribution is 7.89. The molecule has 1 saturated heterocycles. The fourth-order valence-electron chi connectivity index (χ4n) is 4.28. The Hall–Kier alpha value is 0.260. The van der Waals surface area contributed by atoms with E-state index < -0.39 is 10.0 Å². The zero-order valence-electron chi connectivity index (χ0n) is 9.03. The molecule has 4 atom stereocenters. The second-order valence-electron chi connectivity index (χ2n) is 5.87. The number of nitrogens with one attached hydrogen (secondary N) is 1. The first-order chi connectivity index (χ1) is 6.80. The Labute approximate surface area is 96.5 Å². The van der Waals surface area contributed by atoms with Crippen LogP contribution in [0.3, 0.4) is 0 Å². The van der Waals surface area contributed by atoms with Crippen molar-refractivity contribution in [3.8, 4) is 0 Å². The molecule has 15 heavy (non-hydrogen) atoms. The van der Waals surface area contributed by atoms with Gasteiger partial charge in [0.05, 0.1) is 5.75 Å². The van der Waals surface area contributed by atoms with Gasteiger partial charge in [-0.1, -0.05) is 13.8 Å². The molecule has 0 aromatic heterocycles. The number of hydrogen-bond acceptors (Lipinski definition) is 3. The van der Waals surface area contributed by atoms with Gasteiger partial charge in [-0.2, -0.15) is 12.6 Å². The Morgan fingerprint density at radius 1 is 1.40 bits per heavy atom. The zero-order valence-corrected chi connectivity index (χ0v) is 10.7. The zero-order chi connectivity index (χ0) is 11.1. The Bertz CT molecular complexity index is 417. The van der Waals surface area contributed by atoms with Crippen molar-refractivity contribution in [3.63, 3.8) is 0 Å². The standard InChI is InChI=1S/C10H17NO2S2/c1-9(2)6-3-4-10(9)5-15(12,13)11-8(10)7(6)14/h6-8,11,14H,3-5H2,1-2H3/t6?,7-,8-,10?/m0/s1.